The van der Waals surface area contributed by atoms with Crippen molar-refractivity contribution in [3.05, 3.63) is 77.4 Å². The summed E-state index contributed by atoms with van der Waals surface area (Å²) in [5.41, 5.74) is 7.21. The fourth-order valence-electron chi connectivity index (χ4n) is 5.18. The van der Waals surface area contributed by atoms with Gasteiger partial charge in [0, 0.05) is 55.1 Å². The van der Waals surface area contributed by atoms with Crippen LogP contribution in [0.4, 0.5) is 5.69 Å². The van der Waals surface area contributed by atoms with Gasteiger partial charge in [-0.3, -0.25) is 4.98 Å². The van der Waals surface area contributed by atoms with Crippen LogP contribution in [0, 0.1) is 13.8 Å². The fraction of sp³-hybridized carbons (Fsp3) is 0.429. The first-order chi connectivity index (χ1) is 16.8. The fourth-order valence-corrected chi connectivity index (χ4v) is 5.51. The van der Waals surface area contributed by atoms with Gasteiger partial charge in [-0.25, -0.2) is 0 Å². The molecule has 1 aliphatic rings. The van der Waals surface area contributed by atoms with Crippen molar-refractivity contribution in [3.8, 4) is 5.69 Å². The minimum atomic E-state index is 0.00450. The second kappa shape index (κ2) is 10.8. The van der Waals surface area contributed by atoms with E-state index in [0.29, 0.717) is 0 Å². The van der Waals surface area contributed by atoms with Crippen molar-refractivity contribution in [3.63, 3.8) is 0 Å². The van der Waals surface area contributed by atoms with Gasteiger partial charge in [-0.1, -0.05) is 6.07 Å². The zero-order valence-corrected chi connectivity index (χ0v) is 22.6. The van der Waals surface area contributed by atoms with E-state index in [4.69, 9.17) is 12.2 Å². The van der Waals surface area contributed by atoms with Gasteiger partial charge in [-0.05, 0) is 102 Å². The molecule has 2 aromatic heterocycles. The first kappa shape index (κ1) is 25.2. The van der Waals surface area contributed by atoms with Gasteiger partial charge < -0.3 is 24.6 Å². The molecule has 0 saturated carbocycles. The van der Waals surface area contributed by atoms with Crippen LogP contribution in [0.3, 0.4) is 0 Å². The van der Waals surface area contributed by atoms with Crippen molar-refractivity contribution in [1.82, 2.24) is 24.7 Å². The molecule has 1 N–H and O–H groups in total. The van der Waals surface area contributed by atoms with E-state index in [1.165, 1.54) is 28.3 Å². The normalized spacial score (nSPS) is 17.8. The smallest absolute Gasteiger partial charge is 0.170 e. The summed E-state index contributed by atoms with van der Waals surface area (Å²) in [6.07, 6.45) is 1.86. The highest BCUT2D eigenvalue weighted by Crippen LogP contribution is 2.41. The average Bonchev–Trinajstić information content (AvgIpc) is 3.34. The average molecular weight is 491 g/mol. The Morgan fingerprint density at radius 2 is 1.74 bits per heavy atom. The van der Waals surface area contributed by atoms with E-state index in [9.17, 15) is 0 Å². The molecule has 35 heavy (non-hydrogen) atoms. The Hall–Kier alpha value is -2.90. The Labute approximate surface area is 215 Å². The molecule has 1 fully saturated rings. The number of hydrogen-bond acceptors (Lipinski definition) is 4. The molecule has 4 rings (SSSR count). The number of pyridine rings is 1. The lowest BCUT2D eigenvalue weighted by atomic mass is 9.96. The Morgan fingerprint density at radius 3 is 2.34 bits per heavy atom. The molecule has 1 aromatic carbocycles. The van der Waals surface area contributed by atoms with Crippen LogP contribution in [0.15, 0.2) is 54.7 Å². The van der Waals surface area contributed by atoms with E-state index < -0.39 is 0 Å². The number of anilines is 1. The molecule has 3 heterocycles. The highest BCUT2D eigenvalue weighted by atomic mass is 32.1. The summed E-state index contributed by atoms with van der Waals surface area (Å²) in [4.78, 5) is 11.6. The quantitative estimate of drug-likeness (QED) is 0.432. The molecule has 0 spiro atoms. The van der Waals surface area contributed by atoms with Crippen LogP contribution in [0.25, 0.3) is 5.69 Å². The number of aromatic nitrogens is 2. The predicted molar refractivity (Wildman–Crippen MR) is 150 cm³/mol. The Kier molecular flexibility index (Phi) is 7.77. The molecule has 0 amide bonds. The Balaban J connectivity index is 1.75. The van der Waals surface area contributed by atoms with Gasteiger partial charge in [-0.15, -0.1) is 0 Å². The van der Waals surface area contributed by atoms with Crippen LogP contribution < -0.4 is 10.2 Å². The largest absolute Gasteiger partial charge is 0.372 e. The highest BCUT2D eigenvalue weighted by Gasteiger charge is 2.41. The number of thiocarbonyl (C=S) groups is 1. The number of hydrogen-bond donors (Lipinski definition) is 1. The van der Waals surface area contributed by atoms with Crippen LogP contribution in [-0.4, -0.2) is 64.7 Å². The molecule has 7 heteroatoms. The molecule has 0 aliphatic carbocycles. The molecule has 0 unspecified atom stereocenters. The molecule has 6 nitrogen and oxygen atoms in total. The third kappa shape index (κ3) is 5.07. The molecule has 3 aromatic rings. The van der Waals surface area contributed by atoms with Crippen LogP contribution in [0.2, 0.25) is 0 Å². The maximum atomic E-state index is 5.84. The summed E-state index contributed by atoms with van der Waals surface area (Å²) in [6.45, 7) is 12.6. The van der Waals surface area contributed by atoms with Gasteiger partial charge in [0.25, 0.3) is 0 Å². The van der Waals surface area contributed by atoms with E-state index in [-0.39, 0.29) is 12.1 Å². The first-order valence-electron chi connectivity index (χ1n) is 12.5. The monoisotopic (exact) mass is 490 g/mol. The zero-order valence-electron chi connectivity index (χ0n) is 21.8. The van der Waals surface area contributed by atoms with Crippen molar-refractivity contribution in [2.75, 3.05) is 45.2 Å². The molecular weight excluding hydrogens is 452 g/mol. The van der Waals surface area contributed by atoms with E-state index in [2.05, 4.69) is 108 Å². The zero-order chi connectivity index (χ0) is 25.1. The maximum absolute atomic E-state index is 5.84. The lowest BCUT2D eigenvalue weighted by Gasteiger charge is -2.29. The van der Waals surface area contributed by atoms with E-state index in [0.717, 1.165) is 37.0 Å². The minimum Gasteiger partial charge on any atom is -0.372 e. The van der Waals surface area contributed by atoms with Crippen LogP contribution in [0.5, 0.6) is 0 Å². The van der Waals surface area contributed by atoms with E-state index >= 15 is 0 Å². The summed E-state index contributed by atoms with van der Waals surface area (Å²) >= 11 is 5.84. The molecule has 1 saturated heterocycles. The summed E-state index contributed by atoms with van der Waals surface area (Å²) in [5, 5.41) is 4.38. The number of aryl methyl sites for hydroxylation is 1. The van der Waals surface area contributed by atoms with Gasteiger partial charge in [0.1, 0.15) is 0 Å². The minimum absolute atomic E-state index is 0.00450. The topological polar surface area (TPSA) is 39.6 Å². The highest BCUT2D eigenvalue weighted by molar-refractivity contribution is 7.80. The number of likely N-dealkylation sites (N-methyl/N-ethyl adjacent to an activating group) is 1. The molecule has 1 aliphatic heterocycles. The van der Waals surface area contributed by atoms with Crippen molar-refractivity contribution >= 4 is 23.0 Å². The van der Waals surface area contributed by atoms with E-state index in [1.54, 1.807) is 0 Å². The second-order valence-corrected chi connectivity index (χ2v) is 9.86. The van der Waals surface area contributed by atoms with Gasteiger partial charge in [0.15, 0.2) is 5.11 Å². The lowest BCUT2D eigenvalue weighted by molar-refractivity contribution is 0.277. The van der Waals surface area contributed by atoms with Gasteiger partial charge in [0.2, 0.25) is 0 Å². The summed E-state index contributed by atoms with van der Waals surface area (Å²) in [5.74, 6) is 0. The van der Waals surface area contributed by atoms with Crippen LogP contribution >= 0.6 is 12.2 Å². The summed E-state index contributed by atoms with van der Waals surface area (Å²) < 4.78 is 2.36. The Morgan fingerprint density at radius 1 is 1.03 bits per heavy atom. The van der Waals surface area contributed by atoms with Crippen LogP contribution in [-0.2, 0) is 0 Å². The summed E-state index contributed by atoms with van der Waals surface area (Å²) in [7, 11) is 4.21. The SMILES string of the molecule is CCN(CC)c1ccc(-n2c(C)cc([C@H]3[C@H](c4ccccn4)NC(=S)N3CCN(C)C)c2C)cc1. The first-order valence-corrected chi connectivity index (χ1v) is 12.9. The van der Waals surface area contributed by atoms with Gasteiger partial charge in [-0.2, -0.15) is 0 Å². The number of nitrogens with one attached hydrogen (secondary N) is 1. The molecule has 2 atom stereocenters. The van der Waals surface area contributed by atoms with Gasteiger partial charge >= 0.3 is 0 Å². The van der Waals surface area contributed by atoms with Crippen molar-refractivity contribution in [2.45, 2.75) is 39.8 Å². The van der Waals surface area contributed by atoms with Crippen molar-refractivity contribution in [1.29, 1.82) is 0 Å². The standard InChI is InChI=1S/C28H38N6S/c1-7-32(8-2)22-12-14-23(15-13-22)34-20(3)19-24(21(34)4)27-26(25-11-9-10-16-29-25)30-28(35)33(27)18-17-31(5)6/h9-16,19,26-27H,7-8,17-18H2,1-6H3,(H,30,35)/t26-,27-/m0/s1. The third-order valence-corrected chi connectivity index (χ3v) is 7.36. The number of nitrogens with zero attached hydrogens (tertiary/aromatic N) is 5. The maximum Gasteiger partial charge on any atom is 0.170 e. The molecule has 0 radical (unpaired) electrons. The predicted octanol–water partition coefficient (Wildman–Crippen LogP) is 4.87. The number of benzene rings is 1. The molecule has 186 valence electrons. The Bertz CT molecular complexity index is 1130. The van der Waals surface area contributed by atoms with Gasteiger partial charge in [0.05, 0.1) is 17.8 Å². The molecule has 0 bridgehead atoms. The molecular formula is C28H38N6S. The summed E-state index contributed by atoms with van der Waals surface area (Å²) in [6, 6.07) is 17.4. The van der Waals surface area contributed by atoms with Crippen LogP contribution in [0.1, 0.15) is 48.6 Å². The lowest BCUT2D eigenvalue weighted by Crippen LogP contribution is -2.35. The van der Waals surface area contributed by atoms with Crippen molar-refractivity contribution < 1.29 is 0 Å². The van der Waals surface area contributed by atoms with Crippen molar-refractivity contribution in [2.24, 2.45) is 0 Å². The second-order valence-electron chi connectivity index (χ2n) is 9.47. The van der Waals surface area contributed by atoms with E-state index in [1.807, 2.05) is 18.3 Å². The number of rotatable bonds is 9. The third-order valence-electron chi connectivity index (χ3n) is 7.01.